The Labute approximate surface area is 120 Å². The average Bonchev–Trinajstić information content (AvgIpc) is 2.33. The van der Waals surface area contributed by atoms with E-state index in [0.717, 1.165) is 22.3 Å². The van der Waals surface area contributed by atoms with Gasteiger partial charge in [0.25, 0.3) is 0 Å². The normalized spacial score (nSPS) is 11.3. The molecule has 0 atom stereocenters. The van der Waals surface area contributed by atoms with Gasteiger partial charge in [0, 0.05) is 0 Å². The average molecular weight is 289 g/mol. The third-order valence-corrected chi connectivity index (χ3v) is 4.34. The maximum atomic E-state index is 12.2. The molecule has 4 heteroatoms. The summed E-state index contributed by atoms with van der Waals surface area (Å²) in [5.74, 6) is -0.0118. The highest BCUT2D eigenvalue weighted by Crippen LogP contribution is 2.19. The quantitative estimate of drug-likeness (QED) is 0.935. The van der Waals surface area contributed by atoms with E-state index in [-0.39, 0.29) is 5.75 Å². The van der Waals surface area contributed by atoms with Crippen LogP contribution >= 0.6 is 0 Å². The second-order valence-corrected chi connectivity index (χ2v) is 6.89. The van der Waals surface area contributed by atoms with Crippen LogP contribution in [0.3, 0.4) is 0 Å². The summed E-state index contributed by atoms with van der Waals surface area (Å²) in [6.07, 6.45) is 0. The minimum Gasteiger partial charge on any atom is -0.283 e. The van der Waals surface area contributed by atoms with E-state index in [1.54, 1.807) is 0 Å². The third kappa shape index (κ3) is 3.84. The predicted octanol–water partition coefficient (Wildman–Crippen LogP) is 3.55. The smallest absolute Gasteiger partial charge is 0.236 e. The lowest BCUT2D eigenvalue weighted by Crippen LogP contribution is -2.16. The van der Waals surface area contributed by atoms with Crippen LogP contribution < -0.4 is 4.72 Å². The molecule has 0 aliphatic rings. The largest absolute Gasteiger partial charge is 0.283 e. The van der Waals surface area contributed by atoms with Gasteiger partial charge in [-0.25, -0.2) is 8.42 Å². The molecule has 2 rings (SSSR count). The molecule has 0 saturated carbocycles. The second-order valence-electron chi connectivity index (χ2n) is 5.17. The van der Waals surface area contributed by atoms with Crippen molar-refractivity contribution < 1.29 is 8.42 Å². The zero-order chi connectivity index (χ0) is 14.8. The lowest BCUT2D eigenvalue weighted by molar-refractivity contribution is 0.600. The molecule has 2 aromatic rings. The Morgan fingerprint density at radius 3 is 2.35 bits per heavy atom. The predicted molar refractivity (Wildman–Crippen MR) is 83.3 cm³/mol. The molecule has 0 spiro atoms. The Kier molecular flexibility index (Phi) is 4.14. The Balaban J connectivity index is 2.21. The van der Waals surface area contributed by atoms with Crippen molar-refractivity contribution in [1.29, 1.82) is 0 Å². The van der Waals surface area contributed by atoms with E-state index >= 15 is 0 Å². The summed E-state index contributed by atoms with van der Waals surface area (Å²) < 4.78 is 27.1. The van der Waals surface area contributed by atoms with Crippen molar-refractivity contribution in [2.75, 3.05) is 4.72 Å². The van der Waals surface area contributed by atoms with E-state index in [9.17, 15) is 8.42 Å². The number of hydrogen-bond acceptors (Lipinski definition) is 2. The van der Waals surface area contributed by atoms with Crippen LogP contribution in [0.1, 0.15) is 22.3 Å². The number of rotatable bonds is 4. The number of sulfonamides is 1. The Bertz CT molecular complexity index is 721. The molecular formula is C16H19NO2S. The van der Waals surface area contributed by atoms with E-state index in [1.807, 2.05) is 63.2 Å². The highest BCUT2D eigenvalue weighted by atomic mass is 32.2. The highest BCUT2D eigenvalue weighted by Gasteiger charge is 2.13. The molecule has 0 aromatic heterocycles. The van der Waals surface area contributed by atoms with Gasteiger partial charge in [0.2, 0.25) is 10.0 Å². The molecule has 0 saturated heterocycles. The molecule has 0 radical (unpaired) electrons. The SMILES string of the molecule is Cc1cccc(CS(=O)(=O)Nc2cc(C)ccc2C)c1. The van der Waals surface area contributed by atoms with Crippen LogP contribution in [0.15, 0.2) is 42.5 Å². The lowest BCUT2D eigenvalue weighted by atomic mass is 10.1. The summed E-state index contributed by atoms with van der Waals surface area (Å²) in [6.45, 7) is 5.79. The van der Waals surface area contributed by atoms with Crippen LogP contribution in [0.2, 0.25) is 0 Å². The molecule has 0 amide bonds. The van der Waals surface area contributed by atoms with Crippen LogP contribution in [0.25, 0.3) is 0 Å². The van der Waals surface area contributed by atoms with Crippen LogP contribution in [0.5, 0.6) is 0 Å². The summed E-state index contributed by atoms with van der Waals surface area (Å²) in [6, 6.07) is 13.3. The summed E-state index contributed by atoms with van der Waals surface area (Å²) in [5.41, 5.74) is 4.46. The van der Waals surface area contributed by atoms with Gasteiger partial charge >= 0.3 is 0 Å². The summed E-state index contributed by atoms with van der Waals surface area (Å²) in [7, 11) is -3.39. The van der Waals surface area contributed by atoms with Gasteiger partial charge in [0.15, 0.2) is 0 Å². The van der Waals surface area contributed by atoms with Crippen molar-refractivity contribution >= 4 is 15.7 Å². The van der Waals surface area contributed by atoms with Gasteiger partial charge in [-0.3, -0.25) is 4.72 Å². The molecule has 3 nitrogen and oxygen atoms in total. The zero-order valence-corrected chi connectivity index (χ0v) is 12.8. The minimum absolute atomic E-state index is 0.0118. The molecule has 0 fully saturated rings. The first-order valence-corrected chi connectivity index (χ1v) is 8.14. The van der Waals surface area contributed by atoms with Crippen molar-refractivity contribution in [3.05, 3.63) is 64.7 Å². The number of aryl methyl sites for hydroxylation is 3. The van der Waals surface area contributed by atoms with Gasteiger partial charge in [0.05, 0.1) is 11.4 Å². The topological polar surface area (TPSA) is 46.2 Å². The van der Waals surface area contributed by atoms with Crippen molar-refractivity contribution in [2.24, 2.45) is 0 Å². The summed E-state index contributed by atoms with van der Waals surface area (Å²) in [4.78, 5) is 0. The fourth-order valence-electron chi connectivity index (χ4n) is 2.07. The van der Waals surface area contributed by atoms with E-state index in [0.29, 0.717) is 5.69 Å². The number of anilines is 1. The summed E-state index contributed by atoms with van der Waals surface area (Å²) in [5, 5.41) is 0. The van der Waals surface area contributed by atoms with Gasteiger partial charge < -0.3 is 0 Å². The maximum absolute atomic E-state index is 12.2. The molecule has 0 aliphatic carbocycles. The second kappa shape index (κ2) is 5.67. The molecule has 0 bridgehead atoms. The van der Waals surface area contributed by atoms with Crippen molar-refractivity contribution in [1.82, 2.24) is 0 Å². The standard InChI is InChI=1S/C16H19NO2S/c1-12-5-4-6-15(9-12)11-20(18,19)17-16-10-13(2)7-8-14(16)3/h4-10,17H,11H2,1-3H3. The molecular weight excluding hydrogens is 270 g/mol. The fourth-order valence-corrected chi connectivity index (χ4v) is 3.32. The van der Waals surface area contributed by atoms with Crippen molar-refractivity contribution in [3.8, 4) is 0 Å². The molecule has 0 aliphatic heterocycles. The maximum Gasteiger partial charge on any atom is 0.236 e. The number of benzene rings is 2. The van der Waals surface area contributed by atoms with Gasteiger partial charge in [-0.2, -0.15) is 0 Å². The van der Waals surface area contributed by atoms with Gasteiger partial charge in [-0.05, 0) is 43.5 Å². The fraction of sp³-hybridized carbons (Fsp3) is 0.250. The lowest BCUT2D eigenvalue weighted by Gasteiger charge is -2.11. The van der Waals surface area contributed by atoms with Gasteiger partial charge in [-0.15, -0.1) is 0 Å². The summed E-state index contributed by atoms with van der Waals surface area (Å²) >= 11 is 0. The van der Waals surface area contributed by atoms with E-state index in [2.05, 4.69) is 4.72 Å². The molecule has 0 heterocycles. The van der Waals surface area contributed by atoms with Crippen molar-refractivity contribution in [3.63, 3.8) is 0 Å². The van der Waals surface area contributed by atoms with Crippen molar-refractivity contribution in [2.45, 2.75) is 26.5 Å². The Morgan fingerprint density at radius 1 is 0.950 bits per heavy atom. The molecule has 2 aromatic carbocycles. The van der Waals surface area contributed by atoms with Crippen LogP contribution in [0.4, 0.5) is 5.69 Å². The zero-order valence-electron chi connectivity index (χ0n) is 12.0. The molecule has 0 unspecified atom stereocenters. The van der Waals surface area contributed by atoms with Crippen LogP contribution in [-0.4, -0.2) is 8.42 Å². The molecule has 106 valence electrons. The highest BCUT2D eigenvalue weighted by molar-refractivity contribution is 7.91. The Hall–Kier alpha value is -1.81. The monoisotopic (exact) mass is 289 g/mol. The number of hydrogen-bond donors (Lipinski definition) is 1. The Morgan fingerprint density at radius 2 is 1.65 bits per heavy atom. The van der Waals surface area contributed by atoms with E-state index in [1.165, 1.54) is 0 Å². The van der Waals surface area contributed by atoms with Gasteiger partial charge in [0.1, 0.15) is 0 Å². The molecule has 20 heavy (non-hydrogen) atoms. The van der Waals surface area contributed by atoms with E-state index < -0.39 is 10.0 Å². The van der Waals surface area contributed by atoms with Crippen LogP contribution in [-0.2, 0) is 15.8 Å². The number of nitrogens with one attached hydrogen (secondary N) is 1. The first kappa shape index (κ1) is 14.6. The first-order chi connectivity index (χ1) is 9.35. The first-order valence-electron chi connectivity index (χ1n) is 6.49. The minimum atomic E-state index is -3.39. The third-order valence-electron chi connectivity index (χ3n) is 3.10. The van der Waals surface area contributed by atoms with E-state index in [4.69, 9.17) is 0 Å². The van der Waals surface area contributed by atoms with Crippen LogP contribution in [0, 0.1) is 20.8 Å². The van der Waals surface area contributed by atoms with Gasteiger partial charge in [-0.1, -0.05) is 42.0 Å². The molecule has 1 N–H and O–H groups in total.